The molecule has 0 spiro atoms. The molecule has 0 aliphatic carbocycles. The van der Waals surface area contributed by atoms with Gasteiger partial charge in [-0.05, 0) is 18.9 Å². The molecule has 20 heavy (non-hydrogen) atoms. The van der Waals surface area contributed by atoms with Crippen LogP contribution in [0.2, 0.25) is 0 Å². The standard InChI is InChI=1S/C16H28N4/c1-7-9-10-14(15(8-2)18-4)12-19-16(20(5)6)13(3)11-17/h7-8,10-11,13,17-18H,1,9,12H2,2-6H3/b14-10-,15-8+,17-11?,19-16+. The summed E-state index contributed by atoms with van der Waals surface area (Å²) in [6, 6.07) is 0. The highest BCUT2D eigenvalue weighted by Gasteiger charge is 2.10. The minimum atomic E-state index is 0.0225. The van der Waals surface area contributed by atoms with Gasteiger partial charge in [0.2, 0.25) is 0 Å². The topological polar surface area (TPSA) is 51.5 Å². The lowest BCUT2D eigenvalue weighted by molar-refractivity contribution is 0.591. The highest BCUT2D eigenvalue weighted by atomic mass is 15.1. The van der Waals surface area contributed by atoms with E-state index in [1.165, 1.54) is 6.21 Å². The van der Waals surface area contributed by atoms with Crippen LogP contribution in [0.15, 0.2) is 41.1 Å². The van der Waals surface area contributed by atoms with E-state index in [-0.39, 0.29) is 5.92 Å². The van der Waals surface area contributed by atoms with Crippen molar-refractivity contribution >= 4 is 12.1 Å². The SMILES string of the molecule is C=CC/C=C(C/N=C(\C(C)C=N)N(C)C)\C(=C/C)NC. The molecule has 0 aliphatic rings. The molecule has 4 nitrogen and oxygen atoms in total. The van der Waals surface area contributed by atoms with Crippen molar-refractivity contribution in [2.75, 3.05) is 27.7 Å². The smallest absolute Gasteiger partial charge is 0.107 e. The first kappa shape index (κ1) is 18.2. The maximum atomic E-state index is 7.40. The van der Waals surface area contributed by atoms with Gasteiger partial charge in [0.25, 0.3) is 0 Å². The van der Waals surface area contributed by atoms with Crippen LogP contribution in [-0.2, 0) is 0 Å². The van der Waals surface area contributed by atoms with E-state index in [4.69, 9.17) is 5.41 Å². The lowest BCUT2D eigenvalue weighted by Gasteiger charge is -2.20. The van der Waals surface area contributed by atoms with Crippen LogP contribution in [0.25, 0.3) is 0 Å². The van der Waals surface area contributed by atoms with Gasteiger partial charge in [0, 0.05) is 39.0 Å². The maximum Gasteiger partial charge on any atom is 0.107 e. The summed E-state index contributed by atoms with van der Waals surface area (Å²) in [7, 11) is 5.83. The van der Waals surface area contributed by atoms with Crippen molar-refractivity contribution < 1.29 is 0 Å². The number of amidine groups is 1. The van der Waals surface area contributed by atoms with Crippen LogP contribution in [0.1, 0.15) is 20.3 Å². The van der Waals surface area contributed by atoms with Crippen LogP contribution in [0.4, 0.5) is 0 Å². The van der Waals surface area contributed by atoms with Gasteiger partial charge in [-0.25, -0.2) is 0 Å². The summed E-state index contributed by atoms with van der Waals surface area (Å²) in [5.41, 5.74) is 2.22. The second-order valence-corrected chi connectivity index (χ2v) is 4.73. The van der Waals surface area contributed by atoms with Gasteiger partial charge in [-0.1, -0.05) is 25.2 Å². The molecule has 0 amide bonds. The molecule has 0 saturated carbocycles. The fourth-order valence-electron chi connectivity index (χ4n) is 1.91. The van der Waals surface area contributed by atoms with Gasteiger partial charge in [-0.3, -0.25) is 4.99 Å². The highest BCUT2D eigenvalue weighted by molar-refractivity contribution is 5.95. The first-order chi connectivity index (χ1) is 9.51. The third-order valence-electron chi connectivity index (χ3n) is 2.96. The van der Waals surface area contributed by atoms with Gasteiger partial charge >= 0.3 is 0 Å². The Morgan fingerprint density at radius 1 is 1.45 bits per heavy atom. The molecule has 0 fully saturated rings. The molecule has 0 aromatic heterocycles. The third kappa shape index (κ3) is 5.87. The van der Waals surface area contributed by atoms with E-state index in [9.17, 15) is 0 Å². The van der Waals surface area contributed by atoms with Crippen LogP contribution in [0, 0.1) is 11.3 Å². The Balaban J connectivity index is 5.24. The third-order valence-corrected chi connectivity index (χ3v) is 2.96. The van der Waals surface area contributed by atoms with Crippen molar-refractivity contribution in [3.63, 3.8) is 0 Å². The lowest BCUT2D eigenvalue weighted by atomic mass is 10.1. The minimum Gasteiger partial charge on any atom is -0.388 e. The molecule has 0 aliphatic heterocycles. The van der Waals surface area contributed by atoms with Crippen LogP contribution in [0.5, 0.6) is 0 Å². The molecule has 0 radical (unpaired) electrons. The fourth-order valence-corrected chi connectivity index (χ4v) is 1.91. The summed E-state index contributed by atoms with van der Waals surface area (Å²) in [5.74, 6) is 0.936. The molecule has 0 rings (SSSR count). The molecule has 1 unspecified atom stereocenters. The Morgan fingerprint density at radius 2 is 2.10 bits per heavy atom. The van der Waals surface area contributed by atoms with Crippen LogP contribution in [0.3, 0.4) is 0 Å². The summed E-state index contributed by atoms with van der Waals surface area (Å²) in [5, 5.41) is 10.6. The maximum absolute atomic E-state index is 7.40. The average molecular weight is 276 g/mol. The highest BCUT2D eigenvalue weighted by Crippen LogP contribution is 2.10. The summed E-state index contributed by atoms with van der Waals surface area (Å²) in [4.78, 5) is 6.64. The molecular formula is C16H28N4. The molecule has 4 heteroatoms. The number of allylic oxidation sites excluding steroid dienone is 3. The Labute approximate surface area is 123 Å². The van der Waals surface area contributed by atoms with E-state index < -0.39 is 0 Å². The van der Waals surface area contributed by atoms with Gasteiger partial charge in [0.15, 0.2) is 0 Å². The zero-order chi connectivity index (χ0) is 15.5. The number of hydrogen-bond donors (Lipinski definition) is 2. The van der Waals surface area contributed by atoms with E-state index in [0.717, 1.165) is 23.5 Å². The normalized spacial score (nSPS) is 14.8. The monoisotopic (exact) mass is 276 g/mol. The number of aliphatic imine (C=N–C) groups is 1. The summed E-state index contributed by atoms with van der Waals surface area (Å²) in [6.07, 6.45) is 8.28. The molecular weight excluding hydrogens is 248 g/mol. The van der Waals surface area contributed by atoms with Crippen LogP contribution < -0.4 is 5.32 Å². The second kappa shape index (κ2) is 10.0. The number of nitrogens with one attached hydrogen (secondary N) is 2. The van der Waals surface area contributed by atoms with Crippen LogP contribution >= 0.6 is 0 Å². The number of hydrogen-bond acceptors (Lipinski definition) is 3. The van der Waals surface area contributed by atoms with Crippen molar-refractivity contribution in [3.8, 4) is 0 Å². The zero-order valence-electron chi connectivity index (χ0n) is 13.4. The van der Waals surface area contributed by atoms with E-state index in [0.29, 0.717) is 6.54 Å². The summed E-state index contributed by atoms with van der Waals surface area (Å²) in [6.45, 7) is 8.33. The Hall–Kier alpha value is -1.84. The molecule has 0 aromatic rings. The summed E-state index contributed by atoms with van der Waals surface area (Å²) < 4.78 is 0. The summed E-state index contributed by atoms with van der Waals surface area (Å²) >= 11 is 0. The van der Waals surface area contributed by atoms with E-state index in [2.05, 4.69) is 23.0 Å². The number of nitrogens with zero attached hydrogens (tertiary/aromatic N) is 2. The van der Waals surface area contributed by atoms with Crippen molar-refractivity contribution in [1.82, 2.24) is 10.2 Å². The molecule has 0 heterocycles. The minimum absolute atomic E-state index is 0.0225. The molecule has 112 valence electrons. The fraction of sp³-hybridized carbons (Fsp3) is 0.500. The van der Waals surface area contributed by atoms with Crippen molar-refractivity contribution in [2.24, 2.45) is 10.9 Å². The lowest BCUT2D eigenvalue weighted by Crippen LogP contribution is -2.29. The largest absolute Gasteiger partial charge is 0.388 e. The Bertz CT molecular complexity index is 403. The van der Waals surface area contributed by atoms with Gasteiger partial charge in [-0.2, -0.15) is 0 Å². The average Bonchev–Trinajstić information content (AvgIpc) is 2.44. The van der Waals surface area contributed by atoms with Crippen molar-refractivity contribution in [2.45, 2.75) is 20.3 Å². The Kier molecular flexibility index (Phi) is 9.09. The first-order valence-electron chi connectivity index (χ1n) is 6.88. The second-order valence-electron chi connectivity index (χ2n) is 4.73. The molecule has 1 atom stereocenters. The predicted octanol–water partition coefficient (Wildman–Crippen LogP) is 2.86. The van der Waals surface area contributed by atoms with Gasteiger partial charge in [-0.15, -0.1) is 6.58 Å². The molecule has 0 saturated heterocycles. The van der Waals surface area contributed by atoms with Gasteiger partial charge < -0.3 is 15.6 Å². The zero-order valence-corrected chi connectivity index (χ0v) is 13.4. The number of rotatable bonds is 8. The predicted molar refractivity (Wildman–Crippen MR) is 89.7 cm³/mol. The van der Waals surface area contributed by atoms with Crippen LogP contribution in [-0.4, -0.2) is 44.6 Å². The van der Waals surface area contributed by atoms with E-state index in [1.54, 1.807) is 0 Å². The molecule has 0 bridgehead atoms. The van der Waals surface area contributed by atoms with Gasteiger partial charge in [0.05, 0.1) is 6.54 Å². The quantitative estimate of drug-likeness (QED) is 0.310. The van der Waals surface area contributed by atoms with Crippen molar-refractivity contribution in [1.29, 1.82) is 5.41 Å². The van der Waals surface area contributed by atoms with E-state index in [1.807, 2.05) is 52.0 Å². The molecule has 0 aromatic carbocycles. The molecule has 2 N–H and O–H groups in total. The Morgan fingerprint density at radius 3 is 2.50 bits per heavy atom. The van der Waals surface area contributed by atoms with E-state index >= 15 is 0 Å². The first-order valence-corrected chi connectivity index (χ1v) is 6.88. The van der Waals surface area contributed by atoms with Crippen molar-refractivity contribution in [3.05, 3.63) is 36.1 Å². The van der Waals surface area contributed by atoms with Gasteiger partial charge in [0.1, 0.15) is 5.84 Å². The number of likely N-dealkylation sites (N-methyl/N-ethyl adjacent to an activating group) is 1.